The van der Waals surface area contributed by atoms with E-state index in [1.165, 1.54) is 0 Å². The highest BCUT2D eigenvalue weighted by Gasteiger charge is 2.26. The summed E-state index contributed by atoms with van der Waals surface area (Å²) in [5.41, 5.74) is 2.24. The number of aromatic nitrogens is 2. The van der Waals surface area contributed by atoms with E-state index in [9.17, 15) is 5.11 Å². The molecule has 0 aliphatic carbocycles. The highest BCUT2D eigenvalue weighted by Crippen LogP contribution is 2.40. The monoisotopic (exact) mass is 372 g/mol. The van der Waals surface area contributed by atoms with Crippen molar-refractivity contribution in [2.45, 2.75) is 6.04 Å². The second kappa shape index (κ2) is 6.74. The molecular formula is C22H18N3O3+. The molecule has 2 aromatic heterocycles. The Kier molecular flexibility index (Phi) is 3.94. The summed E-state index contributed by atoms with van der Waals surface area (Å²) < 4.78 is 11.0. The van der Waals surface area contributed by atoms with Crippen LogP contribution in [0, 0.1) is 0 Å². The van der Waals surface area contributed by atoms with Gasteiger partial charge in [-0.15, -0.1) is 0 Å². The number of ether oxygens (including phenoxy) is 2. The summed E-state index contributed by atoms with van der Waals surface area (Å²) in [6.07, 6.45) is 3.53. The average Bonchev–Trinajstić information content (AvgIpc) is 3.21. The molecule has 0 fully saturated rings. The van der Waals surface area contributed by atoms with Crippen molar-refractivity contribution >= 4 is 16.7 Å². The van der Waals surface area contributed by atoms with E-state index in [0.717, 1.165) is 28.1 Å². The maximum Gasteiger partial charge on any atom is 0.272 e. The SMILES string of the molecule is Oc1c([C@@H](Nc2cccc[nH+]2)c2ccc3c(c2)OCO3)ccc2cccnc12. The van der Waals surface area contributed by atoms with Gasteiger partial charge in [0.2, 0.25) is 6.79 Å². The van der Waals surface area contributed by atoms with Gasteiger partial charge in [-0.1, -0.05) is 24.3 Å². The quantitative estimate of drug-likeness (QED) is 0.571. The Morgan fingerprint density at radius 1 is 1.00 bits per heavy atom. The van der Waals surface area contributed by atoms with Crippen LogP contribution in [0.4, 0.5) is 5.82 Å². The van der Waals surface area contributed by atoms with Crippen LogP contribution in [0.2, 0.25) is 0 Å². The summed E-state index contributed by atoms with van der Waals surface area (Å²) in [6, 6.07) is 18.9. The van der Waals surface area contributed by atoms with Crippen LogP contribution in [0.5, 0.6) is 17.2 Å². The maximum absolute atomic E-state index is 11.0. The Balaban J connectivity index is 1.65. The number of anilines is 1. The fraction of sp³-hybridized carbons (Fsp3) is 0.0909. The van der Waals surface area contributed by atoms with E-state index in [1.54, 1.807) is 6.20 Å². The number of phenolic OH excluding ortho intramolecular Hbond substituents is 1. The van der Waals surface area contributed by atoms with Gasteiger partial charge in [0.15, 0.2) is 11.5 Å². The molecule has 0 spiro atoms. The summed E-state index contributed by atoms with van der Waals surface area (Å²) >= 11 is 0. The van der Waals surface area contributed by atoms with Gasteiger partial charge in [0, 0.05) is 28.8 Å². The summed E-state index contributed by atoms with van der Waals surface area (Å²) in [7, 11) is 0. The third-order valence-electron chi connectivity index (χ3n) is 4.83. The van der Waals surface area contributed by atoms with Gasteiger partial charge in [-0.05, 0) is 30.3 Å². The minimum Gasteiger partial charge on any atom is -0.505 e. The Morgan fingerprint density at radius 2 is 1.93 bits per heavy atom. The zero-order chi connectivity index (χ0) is 18.9. The Hall–Kier alpha value is -3.80. The van der Waals surface area contributed by atoms with E-state index >= 15 is 0 Å². The number of pyridine rings is 2. The first-order chi connectivity index (χ1) is 13.8. The molecule has 138 valence electrons. The lowest BCUT2D eigenvalue weighted by atomic mass is 9.96. The normalized spacial score (nSPS) is 13.4. The van der Waals surface area contributed by atoms with Gasteiger partial charge in [-0.2, -0.15) is 0 Å². The molecule has 0 saturated heterocycles. The summed E-state index contributed by atoms with van der Waals surface area (Å²) in [6.45, 7) is 0.217. The van der Waals surface area contributed by atoms with Crippen molar-refractivity contribution < 1.29 is 19.6 Å². The second-order valence-corrected chi connectivity index (χ2v) is 6.54. The van der Waals surface area contributed by atoms with Crippen molar-refractivity contribution in [1.29, 1.82) is 0 Å². The third-order valence-corrected chi connectivity index (χ3v) is 4.83. The standard InChI is InChI=1S/C22H17N3O3/c26-22-16(8-6-14-4-3-11-24-21(14)22)20(25-19-5-1-2-10-23-19)15-7-9-17-18(12-15)28-13-27-17/h1-12,20,26H,13H2,(H,23,25)/p+1/t20-/m0/s1. The van der Waals surface area contributed by atoms with Gasteiger partial charge in [0.25, 0.3) is 5.82 Å². The predicted molar refractivity (Wildman–Crippen MR) is 104 cm³/mol. The van der Waals surface area contributed by atoms with Crippen LogP contribution < -0.4 is 19.8 Å². The van der Waals surface area contributed by atoms with Crippen LogP contribution in [0.3, 0.4) is 0 Å². The summed E-state index contributed by atoms with van der Waals surface area (Å²) in [5, 5.41) is 15.3. The Morgan fingerprint density at radius 3 is 2.82 bits per heavy atom. The Labute approximate surface area is 161 Å². The third kappa shape index (κ3) is 2.85. The van der Waals surface area contributed by atoms with Crippen LogP contribution in [0.15, 0.2) is 73.1 Å². The van der Waals surface area contributed by atoms with Crippen molar-refractivity contribution in [3.8, 4) is 17.2 Å². The highest BCUT2D eigenvalue weighted by atomic mass is 16.7. The smallest absolute Gasteiger partial charge is 0.272 e. The van der Waals surface area contributed by atoms with Crippen LogP contribution in [0.1, 0.15) is 17.2 Å². The minimum atomic E-state index is -0.320. The van der Waals surface area contributed by atoms with Crippen molar-refractivity contribution in [2.24, 2.45) is 0 Å². The van der Waals surface area contributed by atoms with Gasteiger partial charge < -0.3 is 14.6 Å². The maximum atomic E-state index is 11.0. The zero-order valence-corrected chi connectivity index (χ0v) is 14.9. The largest absolute Gasteiger partial charge is 0.505 e. The molecule has 6 heteroatoms. The minimum absolute atomic E-state index is 0.157. The van der Waals surface area contributed by atoms with Crippen molar-refractivity contribution in [1.82, 2.24) is 4.98 Å². The molecule has 6 nitrogen and oxygen atoms in total. The first-order valence-electron chi connectivity index (χ1n) is 8.99. The van der Waals surface area contributed by atoms with E-state index in [1.807, 2.05) is 66.9 Å². The number of aromatic hydroxyl groups is 1. The van der Waals surface area contributed by atoms with E-state index in [0.29, 0.717) is 11.3 Å². The molecule has 1 aliphatic rings. The molecular weight excluding hydrogens is 354 g/mol. The van der Waals surface area contributed by atoms with Crippen LogP contribution in [-0.4, -0.2) is 16.9 Å². The molecule has 5 rings (SSSR count). The van der Waals surface area contributed by atoms with E-state index in [-0.39, 0.29) is 18.6 Å². The number of phenols is 1. The van der Waals surface area contributed by atoms with Gasteiger partial charge in [0.05, 0.1) is 6.20 Å². The molecule has 0 saturated carbocycles. The van der Waals surface area contributed by atoms with E-state index < -0.39 is 0 Å². The van der Waals surface area contributed by atoms with Crippen LogP contribution >= 0.6 is 0 Å². The lowest BCUT2D eigenvalue weighted by Crippen LogP contribution is -2.18. The molecule has 0 unspecified atom stereocenters. The molecule has 0 radical (unpaired) electrons. The van der Waals surface area contributed by atoms with Gasteiger partial charge in [-0.25, -0.2) is 4.98 Å². The molecule has 3 heterocycles. The lowest BCUT2D eigenvalue weighted by molar-refractivity contribution is -0.361. The number of nitrogens with one attached hydrogen (secondary N) is 2. The molecule has 3 N–H and O–H groups in total. The lowest BCUT2D eigenvalue weighted by Gasteiger charge is -2.18. The van der Waals surface area contributed by atoms with Crippen molar-refractivity contribution in [3.63, 3.8) is 0 Å². The molecule has 1 aliphatic heterocycles. The number of H-pyrrole nitrogens is 1. The Bertz CT molecular complexity index is 1150. The zero-order valence-electron chi connectivity index (χ0n) is 14.9. The molecule has 0 bridgehead atoms. The number of aromatic amines is 1. The number of rotatable bonds is 4. The number of hydrogen-bond donors (Lipinski definition) is 2. The van der Waals surface area contributed by atoms with Gasteiger partial charge >= 0.3 is 0 Å². The molecule has 2 aromatic carbocycles. The molecule has 0 amide bonds. The fourth-order valence-electron chi connectivity index (χ4n) is 3.45. The number of benzene rings is 2. The number of hydrogen-bond acceptors (Lipinski definition) is 5. The predicted octanol–water partition coefficient (Wildman–Crippen LogP) is 3.68. The topological polar surface area (TPSA) is 77.8 Å². The second-order valence-electron chi connectivity index (χ2n) is 6.54. The van der Waals surface area contributed by atoms with Crippen LogP contribution in [0.25, 0.3) is 10.9 Å². The highest BCUT2D eigenvalue weighted by molar-refractivity contribution is 5.86. The van der Waals surface area contributed by atoms with Gasteiger partial charge in [-0.3, -0.25) is 10.3 Å². The van der Waals surface area contributed by atoms with Crippen molar-refractivity contribution in [3.05, 3.63) is 84.2 Å². The number of fused-ring (bicyclic) bond motifs is 2. The van der Waals surface area contributed by atoms with E-state index in [2.05, 4.69) is 15.3 Å². The first kappa shape index (κ1) is 16.4. The van der Waals surface area contributed by atoms with Crippen LogP contribution in [-0.2, 0) is 0 Å². The first-order valence-corrected chi connectivity index (χ1v) is 8.99. The van der Waals surface area contributed by atoms with Crippen molar-refractivity contribution in [2.75, 3.05) is 12.1 Å². The van der Waals surface area contributed by atoms with E-state index in [4.69, 9.17) is 9.47 Å². The molecule has 28 heavy (non-hydrogen) atoms. The average molecular weight is 372 g/mol. The molecule has 4 aromatic rings. The molecule has 1 atom stereocenters. The number of nitrogens with zero attached hydrogens (tertiary/aromatic N) is 1. The summed E-state index contributed by atoms with van der Waals surface area (Å²) in [4.78, 5) is 7.54. The fourth-order valence-corrected chi connectivity index (χ4v) is 3.45. The summed E-state index contributed by atoms with van der Waals surface area (Å²) in [5.74, 6) is 2.40. The van der Waals surface area contributed by atoms with Gasteiger partial charge in [0.1, 0.15) is 17.3 Å².